The highest BCUT2D eigenvalue weighted by atomic mass is 16.5. The molecule has 1 aliphatic rings. The van der Waals surface area contributed by atoms with E-state index in [2.05, 4.69) is 10.1 Å². The molecule has 1 fully saturated rings. The van der Waals surface area contributed by atoms with Gasteiger partial charge in [0.2, 0.25) is 5.91 Å². The smallest absolute Gasteiger partial charge is 0.330 e. The summed E-state index contributed by atoms with van der Waals surface area (Å²) in [5.41, 5.74) is 1.38. The van der Waals surface area contributed by atoms with Gasteiger partial charge in [0.15, 0.2) is 0 Å². The van der Waals surface area contributed by atoms with Crippen molar-refractivity contribution in [3.05, 3.63) is 47.5 Å². The molecule has 0 atom stereocenters. The topological polar surface area (TPSA) is 84.9 Å². The molecule has 7 heteroatoms. The average molecular weight is 332 g/mol. The van der Waals surface area contributed by atoms with E-state index in [4.69, 9.17) is 4.74 Å². The summed E-state index contributed by atoms with van der Waals surface area (Å²) < 4.78 is 9.65. The highest BCUT2D eigenvalue weighted by Gasteiger charge is 2.18. The van der Waals surface area contributed by atoms with Gasteiger partial charge in [0, 0.05) is 37.3 Å². The number of esters is 1. The second kappa shape index (κ2) is 8.83. The lowest BCUT2D eigenvalue weighted by molar-refractivity contribution is -0.135. The largest absolute Gasteiger partial charge is 0.466 e. The first-order valence-electron chi connectivity index (χ1n) is 7.60. The zero-order valence-electron chi connectivity index (χ0n) is 13.5. The fraction of sp³-hybridized carbons (Fsp3) is 0.353. The van der Waals surface area contributed by atoms with Crippen LogP contribution in [0.15, 0.2) is 36.4 Å². The van der Waals surface area contributed by atoms with Crippen LogP contribution in [0.5, 0.6) is 0 Å². The molecule has 1 aromatic carbocycles. The number of hydrogen-bond acceptors (Lipinski definition) is 5. The summed E-state index contributed by atoms with van der Waals surface area (Å²) in [6.07, 6.45) is 2.16. The Morgan fingerprint density at radius 2 is 2.00 bits per heavy atom. The first-order chi connectivity index (χ1) is 11.6. The van der Waals surface area contributed by atoms with Gasteiger partial charge in [-0.25, -0.2) is 4.79 Å². The third-order valence-corrected chi connectivity index (χ3v) is 3.51. The van der Waals surface area contributed by atoms with Crippen molar-refractivity contribution < 1.29 is 23.9 Å². The molecule has 24 heavy (non-hydrogen) atoms. The van der Waals surface area contributed by atoms with Crippen molar-refractivity contribution in [3.63, 3.8) is 0 Å². The molecule has 128 valence electrons. The van der Waals surface area contributed by atoms with Gasteiger partial charge in [-0.1, -0.05) is 12.1 Å². The van der Waals surface area contributed by atoms with Gasteiger partial charge < -0.3 is 19.7 Å². The molecular formula is C17H20N2O5. The van der Waals surface area contributed by atoms with Crippen LogP contribution in [0, 0.1) is 0 Å². The van der Waals surface area contributed by atoms with Crippen LogP contribution in [0.25, 0.3) is 0 Å². The van der Waals surface area contributed by atoms with Gasteiger partial charge in [0.25, 0.3) is 5.91 Å². The predicted octanol–water partition coefficient (Wildman–Crippen LogP) is 0.504. The van der Waals surface area contributed by atoms with Crippen LogP contribution in [0.1, 0.15) is 15.9 Å². The van der Waals surface area contributed by atoms with E-state index in [0.29, 0.717) is 31.9 Å². The molecule has 0 saturated carbocycles. The molecule has 7 nitrogen and oxygen atoms in total. The third kappa shape index (κ3) is 5.20. The monoisotopic (exact) mass is 332 g/mol. The lowest BCUT2D eigenvalue weighted by Gasteiger charge is -2.27. The minimum Gasteiger partial charge on any atom is -0.466 e. The Bertz CT molecular complexity index is 636. The van der Waals surface area contributed by atoms with E-state index < -0.39 is 11.9 Å². The van der Waals surface area contributed by atoms with E-state index in [0.717, 1.165) is 17.7 Å². The highest BCUT2D eigenvalue weighted by molar-refractivity contribution is 5.95. The summed E-state index contributed by atoms with van der Waals surface area (Å²) in [4.78, 5) is 36.7. The van der Waals surface area contributed by atoms with E-state index >= 15 is 0 Å². The van der Waals surface area contributed by atoms with Crippen LogP contribution in [0.3, 0.4) is 0 Å². The second-order valence-corrected chi connectivity index (χ2v) is 5.18. The van der Waals surface area contributed by atoms with Gasteiger partial charge in [0.1, 0.15) is 0 Å². The Labute approximate surface area is 140 Å². The first-order valence-corrected chi connectivity index (χ1v) is 7.60. The maximum atomic E-state index is 12.4. The maximum absolute atomic E-state index is 12.4. The average Bonchev–Trinajstić information content (AvgIpc) is 2.64. The van der Waals surface area contributed by atoms with Crippen molar-refractivity contribution >= 4 is 17.8 Å². The van der Waals surface area contributed by atoms with Crippen LogP contribution < -0.4 is 5.32 Å². The molecule has 1 aromatic rings. The number of morpholine rings is 1. The minimum atomic E-state index is -0.594. The van der Waals surface area contributed by atoms with E-state index in [-0.39, 0.29) is 12.5 Å². The summed E-state index contributed by atoms with van der Waals surface area (Å²) in [6.45, 7) is 2.52. The van der Waals surface area contributed by atoms with Gasteiger partial charge in [-0.15, -0.1) is 0 Å². The summed E-state index contributed by atoms with van der Waals surface area (Å²) in [5.74, 6) is -1.05. The molecule has 1 saturated heterocycles. The van der Waals surface area contributed by atoms with Crippen LogP contribution in [0.2, 0.25) is 0 Å². The van der Waals surface area contributed by atoms with E-state index in [1.165, 1.54) is 7.11 Å². The minimum absolute atomic E-state index is 0.0444. The van der Waals surface area contributed by atoms with Gasteiger partial charge >= 0.3 is 5.97 Å². The lowest BCUT2D eigenvalue weighted by atomic mass is 10.1. The maximum Gasteiger partial charge on any atom is 0.330 e. The number of methoxy groups -OCH3 is 1. The van der Waals surface area contributed by atoms with Crippen molar-refractivity contribution in [1.82, 2.24) is 10.2 Å². The number of nitrogens with one attached hydrogen (secondary N) is 1. The Balaban J connectivity index is 1.92. The van der Waals surface area contributed by atoms with Crippen molar-refractivity contribution in [2.24, 2.45) is 0 Å². The Morgan fingerprint density at radius 1 is 1.25 bits per heavy atom. The SMILES string of the molecule is COC(=O)/C=C/C(=O)NCc1cccc(C(=O)N2CCOCC2)c1. The molecule has 0 radical (unpaired) electrons. The molecule has 2 rings (SSSR count). The molecule has 1 N–H and O–H groups in total. The molecule has 1 heterocycles. The van der Waals surface area contributed by atoms with Gasteiger partial charge in [-0.05, 0) is 17.7 Å². The number of benzene rings is 1. The van der Waals surface area contributed by atoms with Gasteiger partial charge in [0.05, 0.1) is 20.3 Å². The van der Waals surface area contributed by atoms with Gasteiger partial charge in [-0.3, -0.25) is 9.59 Å². The van der Waals surface area contributed by atoms with Crippen LogP contribution in [0.4, 0.5) is 0 Å². The second-order valence-electron chi connectivity index (χ2n) is 5.18. The Morgan fingerprint density at radius 3 is 2.71 bits per heavy atom. The summed E-state index contributed by atoms with van der Waals surface area (Å²) >= 11 is 0. The quantitative estimate of drug-likeness (QED) is 0.627. The van der Waals surface area contributed by atoms with Crippen molar-refractivity contribution in [1.29, 1.82) is 0 Å². The summed E-state index contributed by atoms with van der Waals surface area (Å²) in [6, 6.07) is 7.10. The van der Waals surface area contributed by atoms with Gasteiger partial charge in [-0.2, -0.15) is 0 Å². The van der Waals surface area contributed by atoms with Crippen molar-refractivity contribution in [2.75, 3.05) is 33.4 Å². The van der Waals surface area contributed by atoms with E-state index in [1.807, 2.05) is 6.07 Å². The number of carbonyl (C=O) groups is 3. The first kappa shape index (κ1) is 17.7. The molecule has 0 aromatic heterocycles. The standard InChI is InChI=1S/C17H20N2O5/c1-23-16(21)6-5-15(20)18-12-13-3-2-4-14(11-13)17(22)19-7-9-24-10-8-19/h2-6,11H,7-10,12H2,1H3,(H,18,20)/b6-5+. The third-order valence-electron chi connectivity index (χ3n) is 3.51. The highest BCUT2D eigenvalue weighted by Crippen LogP contribution is 2.10. The van der Waals surface area contributed by atoms with Crippen molar-refractivity contribution in [3.8, 4) is 0 Å². The number of amides is 2. The van der Waals surface area contributed by atoms with Crippen LogP contribution in [-0.2, 0) is 25.6 Å². The molecule has 0 spiro atoms. The van der Waals surface area contributed by atoms with Crippen LogP contribution in [-0.4, -0.2) is 56.1 Å². The molecule has 1 aliphatic heterocycles. The summed E-state index contributed by atoms with van der Waals surface area (Å²) in [5, 5.41) is 2.65. The molecule has 0 unspecified atom stereocenters. The molecule has 0 bridgehead atoms. The number of rotatable bonds is 5. The number of ether oxygens (including phenoxy) is 2. The van der Waals surface area contributed by atoms with E-state index in [1.54, 1.807) is 23.1 Å². The van der Waals surface area contributed by atoms with Crippen LogP contribution >= 0.6 is 0 Å². The molecule has 2 amide bonds. The fourth-order valence-corrected chi connectivity index (χ4v) is 2.22. The number of carbonyl (C=O) groups excluding carboxylic acids is 3. The number of nitrogens with zero attached hydrogens (tertiary/aromatic N) is 1. The molecular weight excluding hydrogens is 312 g/mol. The Kier molecular flexibility index (Phi) is 6.51. The fourth-order valence-electron chi connectivity index (χ4n) is 2.22. The zero-order chi connectivity index (χ0) is 17.4. The zero-order valence-corrected chi connectivity index (χ0v) is 13.5. The van der Waals surface area contributed by atoms with E-state index in [9.17, 15) is 14.4 Å². The normalized spacial score (nSPS) is 14.5. The summed E-state index contributed by atoms with van der Waals surface area (Å²) in [7, 11) is 1.24. The number of hydrogen-bond donors (Lipinski definition) is 1. The Hall–Kier alpha value is -2.67. The predicted molar refractivity (Wildman–Crippen MR) is 86.2 cm³/mol. The lowest BCUT2D eigenvalue weighted by Crippen LogP contribution is -2.40. The molecule has 0 aliphatic carbocycles. The van der Waals surface area contributed by atoms with Crippen molar-refractivity contribution in [2.45, 2.75) is 6.54 Å².